The monoisotopic (exact) mass is 541 g/mol. The third-order valence-corrected chi connectivity index (χ3v) is 6.62. The smallest absolute Gasteiger partial charge is 0.214 e. The molecule has 6 heteroatoms. The molecule has 0 radical (unpaired) electrons. The first-order valence-electron chi connectivity index (χ1n) is 8.65. The van der Waals surface area contributed by atoms with Gasteiger partial charge in [0, 0.05) is 22.1 Å². The van der Waals surface area contributed by atoms with Crippen LogP contribution < -0.4 is 9.47 Å². The summed E-state index contributed by atoms with van der Waals surface area (Å²) in [4.78, 5) is 4.69. The number of ether oxygens (including phenoxy) is 3. The third kappa shape index (κ3) is 4.92. The van der Waals surface area contributed by atoms with Crippen molar-refractivity contribution < 1.29 is 14.2 Å². The Bertz CT molecular complexity index is 920. The fraction of sp³-hybridized carbons (Fsp3) is 0.286. The number of rotatable bonds is 7. The van der Waals surface area contributed by atoms with Crippen LogP contribution in [0.3, 0.4) is 0 Å². The molecule has 1 heterocycles. The number of hydrogen-bond donors (Lipinski definition) is 0. The van der Waals surface area contributed by atoms with Crippen molar-refractivity contribution in [1.29, 1.82) is 0 Å². The summed E-state index contributed by atoms with van der Waals surface area (Å²) in [6, 6.07) is 16.1. The van der Waals surface area contributed by atoms with Gasteiger partial charge in [0.2, 0.25) is 5.88 Å². The van der Waals surface area contributed by atoms with Crippen LogP contribution in [-0.2, 0) is 4.74 Å². The Kier molecular flexibility index (Phi) is 6.94. The molecule has 142 valence electrons. The van der Waals surface area contributed by atoms with Gasteiger partial charge in [-0.3, -0.25) is 0 Å². The molecule has 0 unspecified atom stereocenters. The maximum absolute atomic E-state index is 6.33. The summed E-state index contributed by atoms with van der Waals surface area (Å²) in [6.07, 6.45) is -0.108. The van der Waals surface area contributed by atoms with Gasteiger partial charge in [-0.15, -0.1) is 0 Å². The lowest BCUT2D eigenvalue weighted by Crippen LogP contribution is -2.16. The molecule has 3 aromatic rings. The summed E-state index contributed by atoms with van der Waals surface area (Å²) in [5, 5.41) is 1.00. The van der Waals surface area contributed by atoms with Gasteiger partial charge in [0.25, 0.3) is 0 Å². The molecule has 4 nitrogen and oxygen atoms in total. The van der Waals surface area contributed by atoms with Crippen molar-refractivity contribution in [2.24, 2.45) is 0 Å². The van der Waals surface area contributed by atoms with E-state index >= 15 is 0 Å². The Balaban J connectivity index is 1.97. The van der Waals surface area contributed by atoms with Crippen LogP contribution in [0.2, 0.25) is 0 Å². The molecule has 3 rings (SSSR count). The second kappa shape index (κ2) is 9.21. The van der Waals surface area contributed by atoms with Gasteiger partial charge in [0.15, 0.2) is 5.75 Å². The van der Waals surface area contributed by atoms with E-state index in [4.69, 9.17) is 19.2 Å². The van der Waals surface area contributed by atoms with E-state index in [2.05, 4.69) is 56.7 Å². The number of nitrogens with zero attached hydrogens (tertiary/aromatic N) is 1. The van der Waals surface area contributed by atoms with E-state index in [0.29, 0.717) is 12.5 Å². The molecule has 0 amide bonds. The molecule has 0 N–H and O–H groups in total. The second-order valence-corrected chi connectivity index (χ2v) is 8.21. The highest BCUT2D eigenvalue weighted by Crippen LogP contribution is 2.39. The van der Waals surface area contributed by atoms with Crippen molar-refractivity contribution in [3.05, 3.63) is 62.1 Å². The molecule has 2 atom stereocenters. The van der Waals surface area contributed by atoms with Crippen LogP contribution in [0.1, 0.15) is 25.5 Å². The van der Waals surface area contributed by atoms with Crippen LogP contribution in [0.25, 0.3) is 10.9 Å². The maximum atomic E-state index is 6.33. The molecule has 0 aliphatic carbocycles. The number of halogens is 2. The van der Waals surface area contributed by atoms with Crippen LogP contribution in [0.5, 0.6) is 11.6 Å². The van der Waals surface area contributed by atoms with Crippen LogP contribution in [-0.4, -0.2) is 24.8 Å². The zero-order valence-electron chi connectivity index (χ0n) is 15.4. The van der Waals surface area contributed by atoms with Gasteiger partial charge in [0.05, 0.1) is 10.6 Å². The Morgan fingerprint density at radius 1 is 1.11 bits per heavy atom. The Morgan fingerprint density at radius 2 is 1.85 bits per heavy atom. The lowest BCUT2D eigenvalue weighted by atomic mass is 10.1. The topological polar surface area (TPSA) is 40.6 Å². The molecule has 0 saturated carbocycles. The average Bonchev–Trinajstić information content (AvgIpc) is 2.70. The molecular weight excluding hydrogens is 521 g/mol. The lowest BCUT2D eigenvalue weighted by Gasteiger charge is -2.19. The molecule has 0 bridgehead atoms. The summed E-state index contributed by atoms with van der Waals surface area (Å²) in [7, 11) is 1.66. The van der Waals surface area contributed by atoms with Gasteiger partial charge < -0.3 is 14.2 Å². The van der Waals surface area contributed by atoms with Crippen LogP contribution >= 0.6 is 38.5 Å². The Hall–Kier alpha value is -1.38. The van der Waals surface area contributed by atoms with Gasteiger partial charge in [-0.1, -0.05) is 30.3 Å². The van der Waals surface area contributed by atoms with Gasteiger partial charge in [0.1, 0.15) is 18.2 Å². The van der Waals surface area contributed by atoms with Crippen LogP contribution in [0.15, 0.2) is 53.0 Å². The fourth-order valence-electron chi connectivity index (χ4n) is 2.59. The number of hydrogen-bond acceptors (Lipinski definition) is 4. The molecule has 0 spiro atoms. The van der Waals surface area contributed by atoms with E-state index in [1.165, 1.54) is 0 Å². The number of fused-ring (bicyclic) bond motifs is 1. The number of benzene rings is 2. The zero-order chi connectivity index (χ0) is 19.4. The normalized spacial score (nSPS) is 13.4. The quantitative estimate of drug-likeness (QED) is 0.336. The van der Waals surface area contributed by atoms with Gasteiger partial charge in [-0.05, 0) is 70.1 Å². The second-order valence-electron chi connectivity index (χ2n) is 6.25. The van der Waals surface area contributed by atoms with Crippen LogP contribution in [0.4, 0.5) is 0 Å². The molecule has 1 aromatic heterocycles. The minimum Gasteiger partial charge on any atom is -0.483 e. The third-order valence-electron chi connectivity index (χ3n) is 4.24. The largest absolute Gasteiger partial charge is 0.483 e. The molecule has 0 saturated heterocycles. The summed E-state index contributed by atoms with van der Waals surface area (Å²) in [5.41, 5.74) is 1.88. The molecule has 0 aliphatic rings. The van der Waals surface area contributed by atoms with E-state index in [0.717, 1.165) is 30.3 Å². The van der Waals surface area contributed by atoms with E-state index in [-0.39, 0.29) is 12.2 Å². The summed E-state index contributed by atoms with van der Waals surface area (Å²) >= 11 is 5.96. The molecular formula is C21H21BrINO3. The first-order chi connectivity index (χ1) is 13.0. The Morgan fingerprint density at radius 3 is 2.56 bits per heavy atom. The average molecular weight is 542 g/mol. The first-order valence-corrected chi connectivity index (χ1v) is 10.5. The van der Waals surface area contributed by atoms with Gasteiger partial charge in [-0.25, -0.2) is 4.98 Å². The summed E-state index contributed by atoms with van der Waals surface area (Å²) in [6.45, 7) is 4.43. The zero-order valence-corrected chi connectivity index (χ0v) is 19.2. The van der Waals surface area contributed by atoms with Gasteiger partial charge >= 0.3 is 0 Å². The standard InChI is InChI=1S/C21H21BrINO3/c1-13(25-3)12-26-18-10-9-16-11-17(23)19(22)21(20(16)24-18)27-14(2)15-7-5-4-6-8-15/h4-11,13-14H,12H2,1-3H3/t13-,14-/m0/s1. The summed E-state index contributed by atoms with van der Waals surface area (Å²) in [5.74, 6) is 1.27. The van der Waals surface area contributed by atoms with E-state index in [9.17, 15) is 0 Å². The van der Waals surface area contributed by atoms with Crippen molar-refractivity contribution in [3.63, 3.8) is 0 Å². The molecule has 2 aromatic carbocycles. The molecule has 0 fully saturated rings. The SMILES string of the molecule is CO[C@@H](C)COc1ccc2cc(I)c(Br)c(O[C@@H](C)c3ccccc3)c2n1. The van der Waals surface area contributed by atoms with Crippen molar-refractivity contribution in [1.82, 2.24) is 4.98 Å². The van der Waals surface area contributed by atoms with Crippen molar-refractivity contribution >= 4 is 49.4 Å². The molecule has 27 heavy (non-hydrogen) atoms. The first kappa shape index (κ1) is 20.4. The summed E-state index contributed by atoms with van der Waals surface area (Å²) < 4.78 is 19.3. The number of methoxy groups -OCH3 is 1. The fourth-order valence-corrected chi connectivity index (χ4v) is 3.57. The maximum Gasteiger partial charge on any atom is 0.214 e. The van der Waals surface area contributed by atoms with Crippen molar-refractivity contribution in [3.8, 4) is 11.6 Å². The van der Waals surface area contributed by atoms with E-state index in [1.54, 1.807) is 7.11 Å². The minimum atomic E-state index is -0.108. The highest BCUT2D eigenvalue weighted by Gasteiger charge is 2.17. The van der Waals surface area contributed by atoms with Crippen molar-refractivity contribution in [2.45, 2.75) is 26.1 Å². The van der Waals surface area contributed by atoms with Crippen molar-refractivity contribution in [2.75, 3.05) is 13.7 Å². The highest BCUT2D eigenvalue weighted by atomic mass is 127. The lowest BCUT2D eigenvalue weighted by molar-refractivity contribution is 0.0700. The number of pyridine rings is 1. The van der Waals surface area contributed by atoms with Crippen LogP contribution in [0, 0.1) is 3.57 Å². The molecule has 0 aliphatic heterocycles. The van der Waals surface area contributed by atoms with Gasteiger partial charge in [-0.2, -0.15) is 0 Å². The van der Waals surface area contributed by atoms with E-state index < -0.39 is 0 Å². The predicted molar refractivity (Wildman–Crippen MR) is 120 cm³/mol. The highest BCUT2D eigenvalue weighted by molar-refractivity contribution is 14.1. The predicted octanol–water partition coefficient (Wildman–Crippen LogP) is 6.16. The van der Waals surface area contributed by atoms with E-state index in [1.807, 2.05) is 44.2 Å². The number of aromatic nitrogens is 1. The minimum absolute atomic E-state index is 0.000205. The Labute approximate surface area is 181 Å².